The van der Waals surface area contributed by atoms with Gasteiger partial charge in [0.2, 0.25) is 5.91 Å². The number of anilines is 1. The van der Waals surface area contributed by atoms with Crippen molar-refractivity contribution in [2.24, 2.45) is 0 Å². The number of carboxylic acids is 1. The topological polar surface area (TPSA) is 79.3 Å². The molecular weight excluding hydrogens is 288 g/mol. The van der Waals surface area contributed by atoms with Gasteiger partial charge in [0.1, 0.15) is 0 Å². The number of aromatic nitrogens is 1. The predicted octanol–water partition coefficient (Wildman–Crippen LogP) is 3.31. The van der Waals surface area contributed by atoms with E-state index >= 15 is 0 Å². The van der Waals surface area contributed by atoms with Crippen molar-refractivity contribution in [2.75, 3.05) is 5.32 Å². The van der Waals surface area contributed by atoms with Gasteiger partial charge in [0.05, 0.1) is 10.7 Å². The number of aliphatic carboxylic acids is 1. The molecule has 0 bridgehead atoms. The van der Waals surface area contributed by atoms with Crippen molar-refractivity contribution in [3.63, 3.8) is 0 Å². The lowest BCUT2D eigenvalue weighted by Crippen LogP contribution is -2.11. The van der Waals surface area contributed by atoms with Gasteiger partial charge in [-0.2, -0.15) is 0 Å². The zero-order chi connectivity index (χ0) is 15.2. The van der Waals surface area contributed by atoms with Crippen LogP contribution >= 0.6 is 11.3 Å². The first kappa shape index (κ1) is 15.2. The van der Waals surface area contributed by atoms with Gasteiger partial charge < -0.3 is 10.4 Å². The van der Waals surface area contributed by atoms with E-state index in [1.165, 1.54) is 0 Å². The summed E-state index contributed by atoms with van der Waals surface area (Å²) in [4.78, 5) is 26.5. The van der Waals surface area contributed by atoms with E-state index in [-0.39, 0.29) is 18.7 Å². The average Bonchev–Trinajstić information content (AvgIpc) is 2.85. The highest BCUT2D eigenvalue weighted by molar-refractivity contribution is 7.09. The van der Waals surface area contributed by atoms with E-state index in [0.29, 0.717) is 12.1 Å². The number of thiazole rings is 1. The number of hydrogen-bond acceptors (Lipinski definition) is 4. The maximum Gasteiger partial charge on any atom is 0.303 e. The third-order valence-corrected chi connectivity index (χ3v) is 3.63. The minimum atomic E-state index is -0.885. The van der Waals surface area contributed by atoms with Crippen molar-refractivity contribution in [1.29, 1.82) is 0 Å². The minimum absolute atomic E-state index is 0.00552. The third-order valence-electron chi connectivity index (χ3n) is 2.86. The van der Waals surface area contributed by atoms with Crippen LogP contribution in [0.25, 0.3) is 11.3 Å². The van der Waals surface area contributed by atoms with E-state index in [1.807, 2.05) is 30.5 Å². The monoisotopic (exact) mass is 304 g/mol. The van der Waals surface area contributed by atoms with Crippen LogP contribution in [0.4, 0.5) is 5.69 Å². The molecule has 2 N–H and O–H groups in total. The first-order chi connectivity index (χ1) is 10.0. The number of nitrogens with one attached hydrogen (secondary N) is 1. The molecule has 1 amide bonds. The molecule has 1 aromatic heterocycles. The summed E-state index contributed by atoms with van der Waals surface area (Å²) in [5.74, 6) is -1.06. The highest BCUT2D eigenvalue weighted by Crippen LogP contribution is 2.24. The predicted molar refractivity (Wildman–Crippen MR) is 82.4 cm³/mol. The van der Waals surface area contributed by atoms with Crippen LogP contribution in [0, 0.1) is 6.92 Å². The number of rotatable bonds is 6. The minimum Gasteiger partial charge on any atom is -0.481 e. The van der Waals surface area contributed by atoms with Crippen LogP contribution in [0.5, 0.6) is 0 Å². The molecule has 21 heavy (non-hydrogen) atoms. The van der Waals surface area contributed by atoms with E-state index in [9.17, 15) is 9.59 Å². The van der Waals surface area contributed by atoms with Gasteiger partial charge in [0.25, 0.3) is 0 Å². The van der Waals surface area contributed by atoms with Crippen LogP contribution < -0.4 is 5.32 Å². The molecule has 2 aromatic rings. The standard InChI is InChI=1S/C15H16N2O3S/c1-10-16-13(9-21-10)11-4-2-5-12(8-11)17-14(18)6-3-7-15(19)20/h2,4-5,8-9H,3,6-7H2,1H3,(H,17,18)(H,19,20). The third kappa shape index (κ3) is 4.68. The fraction of sp³-hybridized carbons (Fsp3) is 0.267. The molecule has 0 aliphatic heterocycles. The second-order valence-electron chi connectivity index (χ2n) is 4.63. The van der Waals surface area contributed by atoms with E-state index in [0.717, 1.165) is 16.3 Å². The first-order valence-corrected chi connectivity index (χ1v) is 7.47. The lowest BCUT2D eigenvalue weighted by molar-refractivity contribution is -0.137. The molecule has 0 saturated carbocycles. The Hall–Kier alpha value is -2.21. The van der Waals surface area contributed by atoms with Gasteiger partial charge in [-0.15, -0.1) is 11.3 Å². The van der Waals surface area contributed by atoms with E-state index in [4.69, 9.17) is 5.11 Å². The number of benzene rings is 1. The molecule has 0 unspecified atom stereocenters. The van der Waals surface area contributed by atoms with Crippen molar-refractivity contribution in [1.82, 2.24) is 4.98 Å². The summed E-state index contributed by atoms with van der Waals surface area (Å²) >= 11 is 1.58. The summed E-state index contributed by atoms with van der Waals surface area (Å²) in [6, 6.07) is 7.47. The lowest BCUT2D eigenvalue weighted by Gasteiger charge is -2.06. The molecule has 1 heterocycles. The largest absolute Gasteiger partial charge is 0.481 e. The van der Waals surface area contributed by atoms with Crippen LogP contribution in [0.2, 0.25) is 0 Å². The van der Waals surface area contributed by atoms with Crippen LogP contribution in [-0.4, -0.2) is 22.0 Å². The number of nitrogens with zero attached hydrogens (tertiary/aromatic N) is 1. The SMILES string of the molecule is Cc1nc(-c2cccc(NC(=O)CCCC(=O)O)c2)cs1. The van der Waals surface area contributed by atoms with Gasteiger partial charge in [-0.3, -0.25) is 9.59 Å². The second-order valence-corrected chi connectivity index (χ2v) is 5.69. The van der Waals surface area contributed by atoms with Gasteiger partial charge in [-0.25, -0.2) is 4.98 Å². The molecule has 0 saturated heterocycles. The Balaban J connectivity index is 1.98. The Bertz CT molecular complexity index is 652. The van der Waals surface area contributed by atoms with Gasteiger partial charge in [0.15, 0.2) is 0 Å². The number of carbonyl (C=O) groups is 2. The van der Waals surface area contributed by atoms with Crippen LogP contribution in [-0.2, 0) is 9.59 Å². The van der Waals surface area contributed by atoms with Gasteiger partial charge in [-0.05, 0) is 25.5 Å². The van der Waals surface area contributed by atoms with Crippen molar-refractivity contribution in [2.45, 2.75) is 26.2 Å². The molecule has 6 heteroatoms. The van der Waals surface area contributed by atoms with Crippen LogP contribution in [0.1, 0.15) is 24.3 Å². The zero-order valence-electron chi connectivity index (χ0n) is 11.6. The summed E-state index contributed by atoms with van der Waals surface area (Å²) in [6.07, 6.45) is 0.546. The van der Waals surface area contributed by atoms with E-state index < -0.39 is 5.97 Å². The average molecular weight is 304 g/mol. The van der Waals surface area contributed by atoms with Gasteiger partial charge >= 0.3 is 5.97 Å². The van der Waals surface area contributed by atoms with Crippen molar-refractivity contribution in [3.8, 4) is 11.3 Å². The number of carbonyl (C=O) groups excluding carboxylic acids is 1. The lowest BCUT2D eigenvalue weighted by atomic mass is 10.1. The fourth-order valence-corrected chi connectivity index (χ4v) is 2.50. The number of hydrogen-bond donors (Lipinski definition) is 2. The molecule has 0 aliphatic rings. The summed E-state index contributed by atoms with van der Waals surface area (Å²) < 4.78 is 0. The molecule has 0 spiro atoms. The summed E-state index contributed by atoms with van der Waals surface area (Å²) in [5.41, 5.74) is 2.53. The number of amides is 1. The highest BCUT2D eigenvalue weighted by Gasteiger charge is 2.07. The molecule has 0 aliphatic carbocycles. The smallest absolute Gasteiger partial charge is 0.303 e. The Kier molecular flexibility index (Phi) is 5.05. The number of aryl methyl sites for hydroxylation is 1. The normalized spacial score (nSPS) is 10.3. The maximum absolute atomic E-state index is 11.7. The molecule has 2 rings (SSSR count). The van der Waals surface area contributed by atoms with Crippen LogP contribution in [0.15, 0.2) is 29.6 Å². The van der Waals surface area contributed by atoms with Crippen LogP contribution in [0.3, 0.4) is 0 Å². The van der Waals surface area contributed by atoms with Crippen molar-refractivity contribution in [3.05, 3.63) is 34.7 Å². The molecule has 0 radical (unpaired) electrons. The van der Waals surface area contributed by atoms with Crippen molar-refractivity contribution < 1.29 is 14.7 Å². The number of carboxylic acid groups (broad SMARTS) is 1. The van der Waals surface area contributed by atoms with Gasteiger partial charge in [0, 0.05) is 29.5 Å². The highest BCUT2D eigenvalue weighted by atomic mass is 32.1. The molecule has 5 nitrogen and oxygen atoms in total. The molecule has 1 aromatic carbocycles. The van der Waals surface area contributed by atoms with Crippen molar-refractivity contribution >= 4 is 28.9 Å². The first-order valence-electron chi connectivity index (χ1n) is 6.59. The maximum atomic E-state index is 11.7. The molecule has 0 atom stereocenters. The Morgan fingerprint density at radius 1 is 1.33 bits per heavy atom. The quantitative estimate of drug-likeness (QED) is 0.858. The van der Waals surface area contributed by atoms with E-state index in [1.54, 1.807) is 17.4 Å². The molecule has 110 valence electrons. The van der Waals surface area contributed by atoms with E-state index in [2.05, 4.69) is 10.3 Å². The molecule has 0 fully saturated rings. The fourth-order valence-electron chi connectivity index (χ4n) is 1.88. The summed E-state index contributed by atoms with van der Waals surface area (Å²) in [5, 5.41) is 14.3. The van der Waals surface area contributed by atoms with Gasteiger partial charge in [-0.1, -0.05) is 12.1 Å². The second kappa shape index (κ2) is 6.99. The summed E-state index contributed by atoms with van der Waals surface area (Å²) in [7, 11) is 0. The zero-order valence-corrected chi connectivity index (χ0v) is 12.4. The Labute approximate surface area is 126 Å². The molecular formula is C15H16N2O3S. The summed E-state index contributed by atoms with van der Waals surface area (Å²) in [6.45, 7) is 1.95. The Morgan fingerprint density at radius 3 is 2.81 bits per heavy atom. The Morgan fingerprint density at radius 2 is 2.14 bits per heavy atom.